The molecule has 23 heavy (non-hydrogen) atoms. The predicted octanol–water partition coefficient (Wildman–Crippen LogP) is 3.26. The van der Waals surface area contributed by atoms with Crippen molar-refractivity contribution in [3.63, 3.8) is 0 Å². The first-order valence-electron chi connectivity index (χ1n) is 8.17. The number of sulfonamides is 1. The molecular weight excluding hydrogens is 314 g/mol. The van der Waals surface area contributed by atoms with E-state index in [1.807, 2.05) is 13.0 Å². The Hall–Kier alpha value is -1.27. The Morgan fingerprint density at radius 2 is 1.87 bits per heavy atom. The maximum atomic E-state index is 12.5. The molecule has 1 aliphatic rings. The molecule has 1 N–H and O–H groups in total. The number of benzene rings is 1. The third kappa shape index (κ3) is 5.11. The van der Waals surface area contributed by atoms with E-state index >= 15 is 0 Å². The van der Waals surface area contributed by atoms with Crippen LogP contribution >= 0.6 is 0 Å². The van der Waals surface area contributed by atoms with Crippen LogP contribution in [0.3, 0.4) is 0 Å². The maximum absolute atomic E-state index is 12.5. The molecule has 1 fully saturated rings. The van der Waals surface area contributed by atoms with Gasteiger partial charge in [0, 0.05) is 11.6 Å². The number of ether oxygens (including phenoxy) is 2. The van der Waals surface area contributed by atoms with Crippen LogP contribution < -0.4 is 14.2 Å². The van der Waals surface area contributed by atoms with Gasteiger partial charge in [-0.25, -0.2) is 13.1 Å². The third-order valence-corrected chi connectivity index (χ3v) is 6.06. The molecule has 0 unspecified atom stereocenters. The molecule has 2 rings (SSSR count). The van der Waals surface area contributed by atoms with Gasteiger partial charge >= 0.3 is 0 Å². The highest BCUT2D eigenvalue weighted by Crippen LogP contribution is 2.30. The Morgan fingerprint density at radius 3 is 2.48 bits per heavy atom. The van der Waals surface area contributed by atoms with Gasteiger partial charge < -0.3 is 9.47 Å². The van der Waals surface area contributed by atoms with E-state index in [0.717, 1.165) is 31.2 Å². The lowest BCUT2D eigenvalue weighted by atomic mass is 9.91. The summed E-state index contributed by atoms with van der Waals surface area (Å²) in [4.78, 5) is 0. The van der Waals surface area contributed by atoms with Gasteiger partial charge in [0.15, 0.2) is 0 Å². The second-order valence-corrected chi connectivity index (χ2v) is 8.03. The second kappa shape index (κ2) is 8.02. The molecule has 0 amide bonds. The van der Waals surface area contributed by atoms with Crippen LogP contribution in [-0.4, -0.2) is 28.4 Å². The Morgan fingerprint density at radius 1 is 1.17 bits per heavy atom. The monoisotopic (exact) mass is 341 g/mol. The van der Waals surface area contributed by atoms with E-state index < -0.39 is 10.0 Å². The molecule has 1 aliphatic carbocycles. The normalized spacial score (nSPS) is 17.7. The van der Waals surface area contributed by atoms with Crippen molar-refractivity contribution in [3.05, 3.63) is 23.8 Å². The van der Waals surface area contributed by atoms with Gasteiger partial charge in [-0.1, -0.05) is 19.3 Å². The summed E-state index contributed by atoms with van der Waals surface area (Å²) in [6.45, 7) is 1.83. The average molecular weight is 341 g/mol. The second-order valence-electron chi connectivity index (χ2n) is 6.23. The van der Waals surface area contributed by atoms with E-state index in [4.69, 9.17) is 9.47 Å². The zero-order chi connectivity index (χ0) is 16.9. The topological polar surface area (TPSA) is 64.6 Å². The van der Waals surface area contributed by atoms with E-state index in [-0.39, 0.29) is 17.7 Å². The van der Waals surface area contributed by atoms with Gasteiger partial charge in [0.05, 0.1) is 20.0 Å². The molecular formula is C17H27NO4S. The SMILES string of the molecule is COc1ccc(OC)c([C@@H](C)NS(=O)(=O)CC2CCCCC2)c1. The summed E-state index contributed by atoms with van der Waals surface area (Å²) in [7, 11) is -0.155. The van der Waals surface area contributed by atoms with Crippen molar-refractivity contribution in [2.24, 2.45) is 5.92 Å². The number of methoxy groups -OCH3 is 2. The molecule has 5 nitrogen and oxygen atoms in total. The van der Waals surface area contributed by atoms with Crippen LogP contribution in [0.1, 0.15) is 50.6 Å². The Bertz CT molecular complexity index is 609. The largest absolute Gasteiger partial charge is 0.497 e. The Balaban J connectivity index is 2.09. The van der Waals surface area contributed by atoms with Crippen LogP contribution in [0, 0.1) is 5.92 Å². The molecule has 0 spiro atoms. The Kier molecular flexibility index (Phi) is 6.30. The first kappa shape index (κ1) is 18.1. The van der Waals surface area contributed by atoms with Gasteiger partial charge in [-0.05, 0) is 43.9 Å². The lowest BCUT2D eigenvalue weighted by molar-refractivity contribution is 0.382. The molecule has 1 atom stereocenters. The fourth-order valence-corrected chi connectivity index (χ4v) is 4.94. The fraction of sp³-hybridized carbons (Fsp3) is 0.647. The van der Waals surface area contributed by atoms with Gasteiger partial charge in [0.1, 0.15) is 11.5 Å². The minimum absolute atomic E-state index is 0.212. The Labute approximate surface area is 139 Å². The number of rotatable bonds is 7. The van der Waals surface area contributed by atoms with Gasteiger partial charge in [-0.3, -0.25) is 0 Å². The minimum atomic E-state index is -3.32. The number of hydrogen-bond donors (Lipinski definition) is 1. The van der Waals surface area contributed by atoms with Gasteiger partial charge in [-0.2, -0.15) is 0 Å². The van der Waals surface area contributed by atoms with Crippen molar-refractivity contribution in [1.82, 2.24) is 4.72 Å². The van der Waals surface area contributed by atoms with E-state index in [1.54, 1.807) is 26.4 Å². The molecule has 0 radical (unpaired) electrons. The molecule has 130 valence electrons. The quantitative estimate of drug-likeness (QED) is 0.827. The average Bonchev–Trinajstić information content (AvgIpc) is 2.54. The molecule has 1 saturated carbocycles. The van der Waals surface area contributed by atoms with Crippen LogP contribution in [0.15, 0.2) is 18.2 Å². The van der Waals surface area contributed by atoms with Crippen LogP contribution in [0.2, 0.25) is 0 Å². The number of hydrogen-bond acceptors (Lipinski definition) is 4. The zero-order valence-corrected chi connectivity index (χ0v) is 15.0. The summed E-state index contributed by atoms with van der Waals surface area (Å²) in [5.74, 6) is 1.82. The van der Waals surface area contributed by atoms with E-state index in [9.17, 15) is 8.42 Å². The van der Waals surface area contributed by atoms with Crippen molar-refractivity contribution in [3.8, 4) is 11.5 Å². The molecule has 0 aliphatic heterocycles. The summed E-state index contributed by atoms with van der Waals surface area (Å²) >= 11 is 0. The fourth-order valence-electron chi connectivity index (χ4n) is 3.22. The van der Waals surface area contributed by atoms with Crippen molar-refractivity contribution in [1.29, 1.82) is 0 Å². The molecule has 1 aromatic rings. The van der Waals surface area contributed by atoms with Gasteiger partial charge in [0.2, 0.25) is 10.0 Å². The molecule has 0 bridgehead atoms. The minimum Gasteiger partial charge on any atom is -0.497 e. The van der Waals surface area contributed by atoms with Crippen molar-refractivity contribution in [2.45, 2.75) is 45.1 Å². The summed E-state index contributed by atoms with van der Waals surface area (Å²) < 4.78 is 38.3. The van der Waals surface area contributed by atoms with Crippen molar-refractivity contribution < 1.29 is 17.9 Å². The molecule has 0 aromatic heterocycles. The van der Waals surface area contributed by atoms with Crippen LogP contribution in [0.5, 0.6) is 11.5 Å². The lowest BCUT2D eigenvalue weighted by Crippen LogP contribution is -2.32. The summed E-state index contributed by atoms with van der Waals surface area (Å²) in [5, 5.41) is 0. The first-order valence-corrected chi connectivity index (χ1v) is 9.82. The predicted molar refractivity (Wildman–Crippen MR) is 91.5 cm³/mol. The van der Waals surface area contributed by atoms with E-state index in [1.165, 1.54) is 6.42 Å². The standard InChI is InChI=1S/C17H27NO4S/c1-13(16-11-15(21-2)9-10-17(16)22-3)18-23(19,20)12-14-7-5-4-6-8-14/h9-11,13-14,18H,4-8,12H2,1-3H3/t13-/m1/s1. The summed E-state index contributed by atoms with van der Waals surface area (Å²) in [5.41, 5.74) is 0.777. The van der Waals surface area contributed by atoms with Crippen molar-refractivity contribution in [2.75, 3.05) is 20.0 Å². The summed E-state index contributed by atoms with van der Waals surface area (Å²) in [6.07, 6.45) is 5.52. The molecule has 0 saturated heterocycles. The summed E-state index contributed by atoms with van der Waals surface area (Å²) in [6, 6.07) is 5.03. The highest BCUT2D eigenvalue weighted by molar-refractivity contribution is 7.89. The van der Waals surface area contributed by atoms with Crippen LogP contribution in [-0.2, 0) is 10.0 Å². The van der Waals surface area contributed by atoms with Gasteiger partial charge in [-0.15, -0.1) is 0 Å². The van der Waals surface area contributed by atoms with E-state index in [2.05, 4.69) is 4.72 Å². The van der Waals surface area contributed by atoms with Crippen molar-refractivity contribution >= 4 is 10.0 Å². The molecule has 1 aromatic carbocycles. The molecule has 0 heterocycles. The van der Waals surface area contributed by atoms with Crippen LogP contribution in [0.25, 0.3) is 0 Å². The highest BCUT2D eigenvalue weighted by Gasteiger charge is 2.24. The number of nitrogens with one attached hydrogen (secondary N) is 1. The van der Waals surface area contributed by atoms with E-state index in [0.29, 0.717) is 11.5 Å². The smallest absolute Gasteiger partial charge is 0.212 e. The third-order valence-electron chi connectivity index (χ3n) is 4.44. The van der Waals surface area contributed by atoms with Crippen LogP contribution in [0.4, 0.5) is 0 Å². The molecule has 6 heteroatoms. The highest BCUT2D eigenvalue weighted by atomic mass is 32.2. The lowest BCUT2D eigenvalue weighted by Gasteiger charge is -2.23. The first-order chi connectivity index (χ1) is 10.9. The zero-order valence-electron chi connectivity index (χ0n) is 14.2. The van der Waals surface area contributed by atoms with Gasteiger partial charge in [0.25, 0.3) is 0 Å². The maximum Gasteiger partial charge on any atom is 0.212 e.